The van der Waals surface area contributed by atoms with Gasteiger partial charge in [-0.15, -0.1) is 23.2 Å². The van der Waals surface area contributed by atoms with Crippen LogP contribution >= 0.6 is 23.2 Å². The normalized spacial score (nSPS) is 21.6. The summed E-state index contributed by atoms with van der Waals surface area (Å²) in [6.45, 7) is 1.79. The largest absolute Gasteiger partial charge is 0.325 e. The second kappa shape index (κ2) is 3.90. The maximum absolute atomic E-state index is 13.0. The van der Waals surface area contributed by atoms with Gasteiger partial charge in [-0.05, 0) is 31.0 Å². The summed E-state index contributed by atoms with van der Waals surface area (Å²) in [5.74, 6) is -1.06. The van der Waals surface area contributed by atoms with E-state index < -0.39 is 10.3 Å². The third-order valence-corrected chi connectivity index (χ3v) is 3.44. The molecule has 0 saturated heterocycles. The van der Waals surface area contributed by atoms with Crippen LogP contribution < -0.4 is 5.32 Å². The highest BCUT2D eigenvalue weighted by molar-refractivity contribution is 6.52. The van der Waals surface area contributed by atoms with Crippen molar-refractivity contribution < 1.29 is 9.18 Å². The molecular weight excluding hydrogens is 252 g/mol. The summed E-state index contributed by atoms with van der Waals surface area (Å²) in [6, 6.07) is 4.22. The van der Waals surface area contributed by atoms with Gasteiger partial charge < -0.3 is 5.32 Å². The molecule has 1 aromatic rings. The van der Waals surface area contributed by atoms with Crippen LogP contribution in [-0.4, -0.2) is 10.2 Å². The molecule has 0 aromatic heterocycles. The van der Waals surface area contributed by atoms with E-state index in [1.807, 2.05) is 0 Å². The van der Waals surface area contributed by atoms with Gasteiger partial charge in [0.1, 0.15) is 10.2 Å². The fourth-order valence-electron chi connectivity index (χ4n) is 1.45. The van der Waals surface area contributed by atoms with E-state index in [1.54, 1.807) is 13.0 Å². The highest BCUT2D eigenvalue weighted by Gasteiger charge is 2.56. The molecule has 86 valence electrons. The minimum absolute atomic E-state index is 0.265. The van der Waals surface area contributed by atoms with Gasteiger partial charge in [0.25, 0.3) is 0 Å². The second-order valence-electron chi connectivity index (χ2n) is 3.97. The molecule has 16 heavy (non-hydrogen) atoms. The first-order valence-electron chi connectivity index (χ1n) is 4.85. The predicted octanol–water partition coefficient (Wildman–Crippen LogP) is 3.27. The Morgan fingerprint density at radius 3 is 2.75 bits per heavy atom. The van der Waals surface area contributed by atoms with E-state index in [2.05, 4.69) is 5.32 Å². The number of nitrogens with one attached hydrogen (secondary N) is 1. The molecular formula is C11H10Cl2FNO. The molecule has 0 spiro atoms. The van der Waals surface area contributed by atoms with Crippen LogP contribution in [0.1, 0.15) is 12.0 Å². The lowest BCUT2D eigenvalue weighted by Crippen LogP contribution is -2.17. The van der Waals surface area contributed by atoms with Gasteiger partial charge in [-0.3, -0.25) is 4.79 Å². The number of anilines is 1. The molecule has 5 heteroatoms. The van der Waals surface area contributed by atoms with Crippen molar-refractivity contribution in [3.05, 3.63) is 29.6 Å². The summed E-state index contributed by atoms with van der Waals surface area (Å²) in [5, 5.41) is 2.62. The topological polar surface area (TPSA) is 29.1 Å². The van der Waals surface area contributed by atoms with Gasteiger partial charge in [-0.1, -0.05) is 6.07 Å². The molecule has 0 unspecified atom stereocenters. The molecule has 1 aliphatic rings. The number of amides is 1. The van der Waals surface area contributed by atoms with Gasteiger partial charge in [0.15, 0.2) is 0 Å². The van der Waals surface area contributed by atoms with E-state index in [9.17, 15) is 9.18 Å². The highest BCUT2D eigenvalue weighted by Crippen LogP contribution is 2.53. The fraction of sp³-hybridized carbons (Fsp3) is 0.364. The lowest BCUT2D eigenvalue weighted by Gasteiger charge is -2.08. The summed E-state index contributed by atoms with van der Waals surface area (Å²) < 4.78 is 12.0. The minimum atomic E-state index is -0.953. The van der Waals surface area contributed by atoms with Gasteiger partial charge in [-0.25, -0.2) is 4.39 Å². The van der Waals surface area contributed by atoms with Crippen molar-refractivity contribution in [1.82, 2.24) is 0 Å². The molecule has 1 fully saturated rings. The predicted molar refractivity (Wildman–Crippen MR) is 62.3 cm³/mol. The van der Waals surface area contributed by atoms with Gasteiger partial charge in [-0.2, -0.15) is 0 Å². The monoisotopic (exact) mass is 261 g/mol. The van der Waals surface area contributed by atoms with Crippen LogP contribution in [0.2, 0.25) is 0 Å². The number of alkyl halides is 2. The van der Waals surface area contributed by atoms with Gasteiger partial charge >= 0.3 is 0 Å². The van der Waals surface area contributed by atoms with E-state index in [-0.39, 0.29) is 11.7 Å². The zero-order valence-corrected chi connectivity index (χ0v) is 10.1. The molecule has 1 atom stereocenters. The van der Waals surface area contributed by atoms with Crippen molar-refractivity contribution >= 4 is 34.8 Å². The van der Waals surface area contributed by atoms with Gasteiger partial charge in [0.2, 0.25) is 5.91 Å². The van der Waals surface area contributed by atoms with Gasteiger partial charge in [0, 0.05) is 5.69 Å². The molecule has 1 aliphatic carbocycles. The Labute approximate surface area is 103 Å². The first-order valence-corrected chi connectivity index (χ1v) is 5.60. The highest BCUT2D eigenvalue weighted by atomic mass is 35.5. The summed E-state index contributed by atoms with van der Waals surface area (Å²) in [7, 11) is 0. The summed E-state index contributed by atoms with van der Waals surface area (Å²) in [5.41, 5.74) is 1.26. The Kier molecular flexibility index (Phi) is 2.84. The fourth-order valence-corrected chi connectivity index (χ4v) is 1.95. The van der Waals surface area contributed by atoms with Crippen molar-refractivity contribution in [2.45, 2.75) is 17.7 Å². The van der Waals surface area contributed by atoms with Crippen molar-refractivity contribution in [3.63, 3.8) is 0 Å². The van der Waals surface area contributed by atoms with E-state index in [1.165, 1.54) is 12.1 Å². The summed E-state index contributed by atoms with van der Waals surface area (Å²) in [4.78, 5) is 11.7. The molecule has 1 amide bonds. The Morgan fingerprint density at radius 1 is 1.56 bits per heavy atom. The van der Waals surface area contributed by atoms with E-state index in [0.29, 0.717) is 12.1 Å². The van der Waals surface area contributed by atoms with Crippen LogP contribution in [0, 0.1) is 18.7 Å². The first kappa shape index (κ1) is 11.7. The van der Waals surface area contributed by atoms with Crippen molar-refractivity contribution in [2.24, 2.45) is 5.92 Å². The lowest BCUT2D eigenvalue weighted by atomic mass is 10.2. The summed E-state index contributed by atoms with van der Waals surface area (Å²) >= 11 is 11.5. The third kappa shape index (κ3) is 2.30. The van der Waals surface area contributed by atoms with Crippen molar-refractivity contribution in [1.29, 1.82) is 0 Å². The molecule has 0 bridgehead atoms. The Bertz CT molecular complexity index is 448. The molecule has 2 rings (SSSR count). The second-order valence-corrected chi connectivity index (χ2v) is 5.51. The zero-order valence-electron chi connectivity index (χ0n) is 8.56. The van der Waals surface area contributed by atoms with Crippen LogP contribution in [0.25, 0.3) is 0 Å². The molecule has 0 radical (unpaired) electrons. The maximum atomic E-state index is 13.0. The first-order chi connectivity index (χ1) is 7.40. The Balaban J connectivity index is 2.10. The summed E-state index contributed by atoms with van der Waals surface area (Å²) in [6.07, 6.45) is 0.441. The van der Waals surface area contributed by atoms with Crippen LogP contribution in [0.15, 0.2) is 18.2 Å². The number of rotatable bonds is 2. The van der Waals surface area contributed by atoms with E-state index in [0.717, 1.165) is 5.56 Å². The van der Waals surface area contributed by atoms with Crippen molar-refractivity contribution in [2.75, 3.05) is 5.32 Å². The van der Waals surface area contributed by atoms with Gasteiger partial charge in [0.05, 0.1) is 5.92 Å². The van der Waals surface area contributed by atoms with E-state index >= 15 is 0 Å². The number of hydrogen-bond acceptors (Lipinski definition) is 1. The van der Waals surface area contributed by atoms with Crippen LogP contribution in [-0.2, 0) is 4.79 Å². The lowest BCUT2D eigenvalue weighted by molar-refractivity contribution is -0.117. The minimum Gasteiger partial charge on any atom is -0.325 e. The molecule has 2 nitrogen and oxygen atoms in total. The van der Waals surface area contributed by atoms with Crippen LogP contribution in [0.5, 0.6) is 0 Å². The molecule has 0 aliphatic heterocycles. The number of carbonyl (C=O) groups is 1. The standard InChI is InChI=1S/C11H10Cl2FNO/c1-6-2-3-7(14)4-9(6)15-10(16)8-5-11(8,12)13/h2-4,8H,5H2,1H3,(H,15,16)/t8-/m1/s1. The number of hydrogen-bond donors (Lipinski definition) is 1. The number of aryl methyl sites for hydroxylation is 1. The number of benzene rings is 1. The molecule has 0 heterocycles. The molecule has 1 N–H and O–H groups in total. The van der Waals surface area contributed by atoms with E-state index in [4.69, 9.17) is 23.2 Å². The number of carbonyl (C=O) groups excluding carboxylic acids is 1. The maximum Gasteiger partial charge on any atom is 0.230 e. The third-order valence-electron chi connectivity index (χ3n) is 2.60. The average Bonchev–Trinajstić information content (AvgIpc) is 2.82. The average molecular weight is 262 g/mol. The Hall–Kier alpha value is -0.800. The van der Waals surface area contributed by atoms with Crippen LogP contribution in [0.4, 0.5) is 10.1 Å². The zero-order chi connectivity index (χ0) is 11.9. The Morgan fingerprint density at radius 2 is 2.19 bits per heavy atom. The molecule has 1 saturated carbocycles. The van der Waals surface area contributed by atoms with Crippen LogP contribution in [0.3, 0.4) is 0 Å². The SMILES string of the molecule is Cc1ccc(F)cc1NC(=O)[C@H]1CC1(Cl)Cl. The molecule has 1 aromatic carbocycles. The number of halogens is 3. The quantitative estimate of drug-likeness (QED) is 0.814. The van der Waals surface area contributed by atoms with Crippen molar-refractivity contribution in [3.8, 4) is 0 Å². The smallest absolute Gasteiger partial charge is 0.230 e.